The van der Waals surface area contributed by atoms with Gasteiger partial charge in [0, 0.05) is 17.8 Å². The molecule has 1 aliphatic rings. The Morgan fingerprint density at radius 1 is 1.48 bits per heavy atom. The standard InChI is InChI=1S/C16H24N2O2.ClH/c1-11(2)8-14-10-20-7-6-18(14)16(19)15-9-13(17)5-4-12(15)3;/h4-5,9,11,14H,6-8,10,17H2,1-3H3;1H. The van der Waals surface area contributed by atoms with Crippen molar-refractivity contribution in [1.29, 1.82) is 0 Å². The highest BCUT2D eigenvalue weighted by molar-refractivity contribution is 5.96. The van der Waals surface area contributed by atoms with E-state index in [9.17, 15) is 4.79 Å². The van der Waals surface area contributed by atoms with Crippen LogP contribution < -0.4 is 5.73 Å². The minimum absolute atomic E-state index is 0. The van der Waals surface area contributed by atoms with Gasteiger partial charge in [-0.15, -0.1) is 12.4 Å². The topological polar surface area (TPSA) is 55.6 Å². The monoisotopic (exact) mass is 312 g/mol. The van der Waals surface area contributed by atoms with Gasteiger partial charge in [0.2, 0.25) is 0 Å². The van der Waals surface area contributed by atoms with E-state index in [1.165, 1.54) is 0 Å². The van der Waals surface area contributed by atoms with Crippen LogP contribution in [-0.2, 0) is 4.74 Å². The van der Waals surface area contributed by atoms with Crippen LogP contribution in [0.2, 0.25) is 0 Å². The average Bonchev–Trinajstić information content (AvgIpc) is 2.41. The number of nitrogens with zero attached hydrogens (tertiary/aromatic N) is 1. The molecule has 2 N–H and O–H groups in total. The molecule has 21 heavy (non-hydrogen) atoms. The first-order chi connectivity index (χ1) is 9.49. The lowest BCUT2D eigenvalue weighted by atomic mass is 10.00. The van der Waals surface area contributed by atoms with Gasteiger partial charge < -0.3 is 15.4 Å². The fourth-order valence-electron chi connectivity index (χ4n) is 2.69. The van der Waals surface area contributed by atoms with Crippen molar-refractivity contribution in [2.45, 2.75) is 33.2 Å². The molecule has 0 aromatic heterocycles. The molecule has 0 radical (unpaired) electrons. The molecule has 118 valence electrons. The van der Waals surface area contributed by atoms with E-state index in [2.05, 4.69) is 13.8 Å². The molecular formula is C16H25ClN2O2. The Morgan fingerprint density at radius 2 is 2.19 bits per heavy atom. The van der Waals surface area contributed by atoms with E-state index >= 15 is 0 Å². The lowest BCUT2D eigenvalue weighted by Gasteiger charge is -2.37. The second kappa shape index (κ2) is 7.66. The van der Waals surface area contributed by atoms with Gasteiger partial charge in [0.05, 0.1) is 19.3 Å². The van der Waals surface area contributed by atoms with Gasteiger partial charge in [-0.3, -0.25) is 4.79 Å². The van der Waals surface area contributed by atoms with Crippen LogP contribution in [0.4, 0.5) is 5.69 Å². The number of benzene rings is 1. The van der Waals surface area contributed by atoms with Gasteiger partial charge in [-0.2, -0.15) is 0 Å². The van der Waals surface area contributed by atoms with Crippen LogP contribution in [0.25, 0.3) is 0 Å². The number of halogens is 1. The molecule has 1 fully saturated rings. The maximum absolute atomic E-state index is 12.8. The van der Waals surface area contributed by atoms with E-state index in [1.54, 1.807) is 6.07 Å². The largest absolute Gasteiger partial charge is 0.399 e. The second-order valence-electron chi connectivity index (χ2n) is 5.93. The van der Waals surface area contributed by atoms with E-state index in [4.69, 9.17) is 10.5 Å². The van der Waals surface area contributed by atoms with Crippen molar-refractivity contribution >= 4 is 24.0 Å². The summed E-state index contributed by atoms with van der Waals surface area (Å²) >= 11 is 0. The maximum atomic E-state index is 12.8. The third kappa shape index (κ3) is 4.35. The van der Waals surface area contributed by atoms with Crippen molar-refractivity contribution < 1.29 is 9.53 Å². The maximum Gasteiger partial charge on any atom is 0.254 e. The van der Waals surface area contributed by atoms with Crippen LogP contribution in [0, 0.1) is 12.8 Å². The van der Waals surface area contributed by atoms with E-state index in [-0.39, 0.29) is 24.4 Å². The summed E-state index contributed by atoms with van der Waals surface area (Å²) in [6.45, 7) is 8.19. The predicted molar refractivity (Wildman–Crippen MR) is 87.9 cm³/mol. The van der Waals surface area contributed by atoms with E-state index in [0.29, 0.717) is 36.9 Å². The summed E-state index contributed by atoms with van der Waals surface area (Å²) in [6.07, 6.45) is 0.965. The Morgan fingerprint density at radius 3 is 2.86 bits per heavy atom. The lowest BCUT2D eigenvalue weighted by molar-refractivity contribution is -0.00749. The summed E-state index contributed by atoms with van der Waals surface area (Å²) in [7, 11) is 0. The number of aryl methyl sites for hydroxylation is 1. The van der Waals surface area contributed by atoms with Crippen molar-refractivity contribution in [2.24, 2.45) is 5.92 Å². The molecule has 0 aliphatic carbocycles. The molecule has 1 aliphatic heterocycles. The van der Waals surface area contributed by atoms with Crippen molar-refractivity contribution in [3.63, 3.8) is 0 Å². The third-order valence-electron chi connectivity index (χ3n) is 3.72. The highest BCUT2D eigenvalue weighted by Crippen LogP contribution is 2.21. The van der Waals surface area contributed by atoms with Crippen LogP contribution in [0.3, 0.4) is 0 Å². The van der Waals surface area contributed by atoms with Crippen molar-refractivity contribution in [3.05, 3.63) is 29.3 Å². The van der Waals surface area contributed by atoms with E-state index < -0.39 is 0 Å². The number of anilines is 1. The van der Waals surface area contributed by atoms with Gasteiger partial charge in [0.15, 0.2) is 0 Å². The zero-order valence-electron chi connectivity index (χ0n) is 13.0. The van der Waals surface area contributed by atoms with Gasteiger partial charge in [-0.25, -0.2) is 0 Å². The fraction of sp³-hybridized carbons (Fsp3) is 0.562. The summed E-state index contributed by atoms with van der Waals surface area (Å²) in [6, 6.07) is 5.67. The number of rotatable bonds is 3. The Balaban J connectivity index is 0.00000220. The van der Waals surface area contributed by atoms with Crippen LogP contribution in [0.5, 0.6) is 0 Å². The number of morpholine rings is 1. The highest BCUT2D eigenvalue weighted by Gasteiger charge is 2.29. The minimum atomic E-state index is 0. The quantitative estimate of drug-likeness (QED) is 0.873. The number of nitrogen functional groups attached to an aromatic ring is 1. The predicted octanol–water partition coefficient (Wildman–Crippen LogP) is 2.89. The number of hydrogen-bond acceptors (Lipinski definition) is 3. The molecule has 1 saturated heterocycles. The van der Waals surface area contributed by atoms with Gasteiger partial charge >= 0.3 is 0 Å². The van der Waals surface area contributed by atoms with Crippen LogP contribution in [-0.4, -0.2) is 36.6 Å². The molecule has 0 spiro atoms. The average molecular weight is 313 g/mol. The molecule has 1 unspecified atom stereocenters. The van der Waals surface area contributed by atoms with E-state index in [1.807, 2.05) is 24.0 Å². The van der Waals surface area contributed by atoms with Crippen LogP contribution in [0.15, 0.2) is 18.2 Å². The molecule has 5 heteroatoms. The second-order valence-corrected chi connectivity index (χ2v) is 5.93. The molecule has 2 rings (SSSR count). The number of ether oxygens (including phenoxy) is 1. The molecule has 1 atom stereocenters. The summed E-state index contributed by atoms with van der Waals surface area (Å²) in [4.78, 5) is 14.7. The van der Waals surface area contributed by atoms with Crippen molar-refractivity contribution in [1.82, 2.24) is 4.90 Å². The van der Waals surface area contributed by atoms with Crippen LogP contribution in [0.1, 0.15) is 36.2 Å². The van der Waals surface area contributed by atoms with Gasteiger partial charge in [0.1, 0.15) is 0 Å². The molecular weight excluding hydrogens is 288 g/mol. The van der Waals surface area contributed by atoms with Gasteiger partial charge in [-0.1, -0.05) is 19.9 Å². The van der Waals surface area contributed by atoms with Gasteiger partial charge in [-0.05, 0) is 37.0 Å². The van der Waals surface area contributed by atoms with Crippen molar-refractivity contribution in [3.8, 4) is 0 Å². The zero-order valence-corrected chi connectivity index (χ0v) is 13.8. The minimum Gasteiger partial charge on any atom is -0.399 e. The number of hydrogen-bond donors (Lipinski definition) is 1. The molecule has 0 bridgehead atoms. The summed E-state index contributed by atoms with van der Waals surface area (Å²) in [5.41, 5.74) is 8.13. The van der Waals surface area contributed by atoms with Gasteiger partial charge in [0.25, 0.3) is 5.91 Å². The lowest BCUT2D eigenvalue weighted by Crippen LogP contribution is -2.49. The Labute approximate surface area is 133 Å². The molecule has 4 nitrogen and oxygen atoms in total. The Kier molecular flexibility index (Phi) is 6.49. The first-order valence-corrected chi connectivity index (χ1v) is 7.24. The van der Waals surface area contributed by atoms with Crippen molar-refractivity contribution in [2.75, 3.05) is 25.5 Å². The summed E-state index contributed by atoms with van der Waals surface area (Å²) in [5.74, 6) is 0.614. The number of carbonyl (C=O) groups excluding carboxylic acids is 1. The molecule has 1 heterocycles. The zero-order chi connectivity index (χ0) is 14.7. The number of nitrogens with two attached hydrogens (primary N) is 1. The molecule has 1 aromatic carbocycles. The smallest absolute Gasteiger partial charge is 0.254 e. The number of carbonyl (C=O) groups is 1. The Hall–Kier alpha value is -1.26. The summed E-state index contributed by atoms with van der Waals surface area (Å²) in [5, 5.41) is 0. The molecule has 0 saturated carbocycles. The Bertz CT molecular complexity index is 491. The fourth-order valence-corrected chi connectivity index (χ4v) is 2.69. The first kappa shape index (κ1) is 17.8. The first-order valence-electron chi connectivity index (χ1n) is 7.24. The SMILES string of the molecule is Cc1ccc(N)cc1C(=O)N1CCOCC1CC(C)C.Cl. The molecule has 1 amide bonds. The molecule has 1 aromatic rings. The third-order valence-corrected chi connectivity index (χ3v) is 3.72. The normalized spacial score (nSPS) is 18.5. The summed E-state index contributed by atoms with van der Waals surface area (Å²) < 4.78 is 5.53. The highest BCUT2D eigenvalue weighted by atomic mass is 35.5. The van der Waals surface area contributed by atoms with Crippen LogP contribution >= 0.6 is 12.4 Å². The number of amides is 1. The van der Waals surface area contributed by atoms with E-state index in [0.717, 1.165) is 12.0 Å².